The number of hydrogen-bond acceptors (Lipinski definition) is 3. The first kappa shape index (κ1) is 38.1. The lowest BCUT2D eigenvalue weighted by Crippen LogP contribution is -2.74. The van der Waals surface area contributed by atoms with Crippen LogP contribution in [0.25, 0.3) is 0 Å². The van der Waals surface area contributed by atoms with Gasteiger partial charge >= 0.3 is 53.9 Å². The number of imide groups is 1. The Kier molecular flexibility index (Phi) is 10.2. The van der Waals surface area contributed by atoms with Gasteiger partial charge in [-0.25, -0.2) is 22.4 Å². The van der Waals surface area contributed by atoms with Gasteiger partial charge in [0.05, 0.1) is 0 Å². The van der Waals surface area contributed by atoms with E-state index in [1.165, 1.54) is 5.32 Å². The minimum atomic E-state index is -8.54. The molecule has 2 rings (SSSR count). The summed E-state index contributed by atoms with van der Waals surface area (Å²) < 4.78 is 246. The first-order valence-corrected chi connectivity index (χ1v) is 11.3. The Morgan fingerprint density at radius 3 is 1.54 bits per heavy atom. The van der Waals surface area contributed by atoms with Crippen LogP contribution in [0.3, 0.4) is 0 Å². The van der Waals surface area contributed by atoms with E-state index >= 15 is 0 Å². The van der Waals surface area contributed by atoms with Crippen molar-refractivity contribution in [3.05, 3.63) is 59.7 Å². The lowest BCUT2D eigenvalue weighted by molar-refractivity contribution is -0.447. The van der Waals surface area contributed by atoms with Gasteiger partial charge in [0.1, 0.15) is 22.9 Å². The zero-order valence-electron chi connectivity index (χ0n) is 21.4. The number of anilines is 1. The first-order valence-electron chi connectivity index (χ1n) is 11.3. The fourth-order valence-electron chi connectivity index (χ4n) is 3.11. The van der Waals surface area contributed by atoms with Crippen molar-refractivity contribution in [1.82, 2.24) is 5.32 Å². The normalized spacial score (nSPS) is 13.9. The minimum Gasteiger partial charge on any atom is -0.487 e. The van der Waals surface area contributed by atoms with Crippen molar-refractivity contribution in [2.45, 2.75) is 47.9 Å². The number of benzene rings is 2. The molecule has 2 aromatic carbocycles. The molecule has 2 aromatic rings. The second kappa shape index (κ2) is 12.3. The predicted octanol–water partition coefficient (Wildman–Crippen LogP) is 8.02. The molecule has 0 spiro atoms. The van der Waals surface area contributed by atoms with Crippen LogP contribution in [-0.4, -0.2) is 66.4 Å². The van der Waals surface area contributed by atoms with Crippen molar-refractivity contribution in [3.63, 3.8) is 0 Å². The topological polar surface area (TPSA) is 67.4 Å². The summed E-state index contributed by atoms with van der Waals surface area (Å²) in [5, 5.41) is 3.30. The van der Waals surface area contributed by atoms with Crippen molar-refractivity contribution in [2.24, 2.45) is 0 Å². The van der Waals surface area contributed by atoms with Gasteiger partial charge in [0, 0.05) is 5.69 Å². The maximum atomic E-state index is 14.0. The molecule has 0 aromatic heterocycles. The zero-order chi connectivity index (χ0) is 35.9. The predicted molar refractivity (Wildman–Crippen MR) is 115 cm³/mol. The quantitative estimate of drug-likeness (QED) is 0.220. The number of hydrogen-bond donors (Lipinski definition) is 2. The van der Waals surface area contributed by atoms with E-state index < -0.39 is 95.1 Å². The van der Waals surface area contributed by atoms with Crippen LogP contribution in [0.5, 0.6) is 5.75 Å². The number of alkyl halides is 16. The van der Waals surface area contributed by atoms with Gasteiger partial charge in [-0.2, -0.15) is 61.5 Å². The van der Waals surface area contributed by atoms with Gasteiger partial charge in [-0.05, 0) is 36.4 Å². The van der Waals surface area contributed by atoms with Gasteiger partial charge in [0.25, 0.3) is 5.91 Å². The average Bonchev–Trinajstić information content (AvgIpc) is 2.91. The molecule has 0 unspecified atom stereocenters. The first-order chi connectivity index (χ1) is 20.6. The third kappa shape index (κ3) is 6.31. The van der Waals surface area contributed by atoms with Gasteiger partial charge < -0.3 is 10.1 Å². The Morgan fingerprint density at radius 2 is 1.09 bits per heavy atom. The molecule has 0 aliphatic heterocycles. The van der Waals surface area contributed by atoms with Crippen LogP contribution in [-0.2, 0) is 0 Å². The van der Waals surface area contributed by atoms with Gasteiger partial charge in [0.15, 0.2) is 6.61 Å². The molecule has 0 atom stereocenters. The lowest BCUT2D eigenvalue weighted by atomic mass is 9.89. The van der Waals surface area contributed by atoms with E-state index in [1.807, 2.05) is 5.32 Å². The van der Waals surface area contributed by atoms with Gasteiger partial charge in [0.2, 0.25) is 0 Å². The highest BCUT2D eigenvalue weighted by Gasteiger charge is 2.93. The smallest absolute Gasteiger partial charge is 0.385 e. The summed E-state index contributed by atoms with van der Waals surface area (Å²) in [6.07, 6.45) is -5.95. The maximum Gasteiger partial charge on any atom is 0.385 e. The molecule has 0 aliphatic rings. The second-order valence-corrected chi connectivity index (χ2v) is 8.82. The molecule has 0 aliphatic carbocycles. The molecular weight excluding hydrogens is 694 g/mol. The molecule has 3 amide bonds. The summed E-state index contributed by atoms with van der Waals surface area (Å²) in [4.78, 5) is 23.7. The molecule has 0 saturated carbocycles. The molecule has 23 heteroatoms. The highest BCUT2D eigenvalue weighted by atomic mass is 19.4. The van der Waals surface area contributed by atoms with Crippen LogP contribution in [0, 0.1) is 11.6 Å². The SMILES string of the molecule is O=C(NC(=O)c1c(F)cccc1F)Nc1ccc(OCC(F)(F)C(F)(F)C(F)(F)C(F)(F)C(F)(F)C(F)(F)C(F)(F)C(F)F)cc1. The molecule has 0 saturated heterocycles. The molecule has 0 radical (unpaired) electrons. The number of amides is 3. The van der Waals surface area contributed by atoms with E-state index in [0.29, 0.717) is 36.4 Å². The highest BCUT2D eigenvalue weighted by molar-refractivity contribution is 6.08. The molecule has 0 heterocycles. The van der Waals surface area contributed by atoms with E-state index in [4.69, 9.17) is 0 Å². The monoisotopic (exact) mass is 706 g/mol. The van der Waals surface area contributed by atoms with Crippen molar-refractivity contribution in [2.75, 3.05) is 11.9 Å². The van der Waals surface area contributed by atoms with E-state index in [0.717, 1.165) is 6.07 Å². The van der Waals surface area contributed by atoms with Crippen LogP contribution in [0.1, 0.15) is 10.4 Å². The van der Waals surface area contributed by atoms with Crippen LogP contribution in [0.4, 0.5) is 89.5 Å². The number of nitrogens with one attached hydrogen (secondary N) is 2. The number of rotatable bonds is 12. The fraction of sp³-hybridized carbons (Fsp3) is 0.391. The van der Waals surface area contributed by atoms with E-state index in [1.54, 1.807) is 0 Å². The van der Waals surface area contributed by atoms with Crippen molar-refractivity contribution < 1.29 is 93.4 Å². The second-order valence-electron chi connectivity index (χ2n) is 8.82. The van der Waals surface area contributed by atoms with E-state index in [-0.39, 0.29) is 0 Å². The molecule has 0 fully saturated rings. The van der Waals surface area contributed by atoms with E-state index in [9.17, 15) is 88.6 Å². The summed E-state index contributed by atoms with van der Waals surface area (Å²) in [5.41, 5.74) is -1.62. The highest BCUT2D eigenvalue weighted by Crippen LogP contribution is 2.62. The van der Waals surface area contributed by atoms with Crippen LogP contribution in [0.2, 0.25) is 0 Å². The largest absolute Gasteiger partial charge is 0.487 e. The summed E-state index contributed by atoms with van der Waals surface area (Å²) in [7, 11) is 0. The Balaban J connectivity index is 2.19. The number of ether oxygens (including phenoxy) is 1. The number of carbonyl (C=O) groups excluding carboxylic acids is 2. The van der Waals surface area contributed by atoms with Crippen LogP contribution >= 0.6 is 0 Å². The van der Waals surface area contributed by atoms with Gasteiger partial charge in [-0.15, -0.1) is 0 Å². The third-order valence-electron chi connectivity index (χ3n) is 5.68. The third-order valence-corrected chi connectivity index (χ3v) is 5.68. The van der Waals surface area contributed by atoms with E-state index in [2.05, 4.69) is 4.74 Å². The summed E-state index contributed by atoms with van der Waals surface area (Å²) in [6.45, 7) is -3.13. The maximum absolute atomic E-state index is 14.0. The number of carbonyl (C=O) groups is 2. The van der Waals surface area contributed by atoms with Crippen LogP contribution in [0.15, 0.2) is 42.5 Å². The molecule has 2 N–H and O–H groups in total. The molecule has 258 valence electrons. The molecular formula is C23H12F18N2O3. The van der Waals surface area contributed by atoms with Gasteiger partial charge in [-0.1, -0.05) is 6.07 Å². The molecule has 0 bridgehead atoms. The van der Waals surface area contributed by atoms with Crippen molar-refractivity contribution in [1.29, 1.82) is 0 Å². The Hall–Kier alpha value is -4.08. The zero-order valence-corrected chi connectivity index (χ0v) is 21.4. The standard InChI is InChI=1S/C23H12F18N2O3/c24-11-2-1-3-12(25)13(11)14(44)43-16(45)42-9-4-6-10(7-5-9)46-8-17(28,29)19(32,33)21(36,37)23(40,41)22(38,39)20(34,35)18(30,31)15(26)27/h1-7,15H,8H2,(H2,42,43,44,45). The molecule has 5 nitrogen and oxygen atoms in total. The minimum absolute atomic E-state index is 0.432. The molecule has 46 heavy (non-hydrogen) atoms. The fourth-order valence-corrected chi connectivity index (χ4v) is 3.11. The summed E-state index contributed by atoms with van der Waals surface area (Å²) >= 11 is 0. The number of urea groups is 1. The lowest BCUT2D eigenvalue weighted by Gasteiger charge is -2.42. The Labute approximate surface area is 242 Å². The Morgan fingerprint density at radius 1 is 0.652 bits per heavy atom. The average molecular weight is 706 g/mol. The number of halogens is 18. The van der Waals surface area contributed by atoms with Gasteiger partial charge in [-0.3, -0.25) is 10.1 Å². The van der Waals surface area contributed by atoms with Crippen molar-refractivity contribution in [3.8, 4) is 5.75 Å². The summed E-state index contributed by atoms with van der Waals surface area (Å²) in [5.74, 6) is -61.1. The van der Waals surface area contributed by atoms with Crippen LogP contribution < -0.4 is 15.4 Å². The Bertz CT molecular complexity index is 1410. The summed E-state index contributed by atoms with van der Waals surface area (Å²) in [6, 6.07) is 2.89. The van der Waals surface area contributed by atoms with Crippen molar-refractivity contribution >= 4 is 17.6 Å².